The second-order valence-electron chi connectivity index (χ2n) is 4.15. The highest BCUT2D eigenvalue weighted by Gasteiger charge is 2.11. The van der Waals surface area contributed by atoms with E-state index in [1.54, 1.807) is 0 Å². The molecule has 2 aromatic rings. The minimum Gasteiger partial charge on any atom is -0.326 e. The van der Waals surface area contributed by atoms with E-state index in [4.69, 9.17) is 0 Å². The summed E-state index contributed by atoms with van der Waals surface area (Å²) in [5, 5.41) is 9.35. The molecule has 0 aliphatic rings. The summed E-state index contributed by atoms with van der Waals surface area (Å²) in [6, 6.07) is 6.81. The van der Waals surface area contributed by atoms with Crippen molar-refractivity contribution >= 4 is 23.0 Å². The first-order chi connectivity index (χ1) is 9.95. The van der Waals surface area contributed by atoms with Gasteiger partial charge in [-0.2, -0.15) is 5.11 Å². The highest BCUT2D eigenvalue weighted by molar-refractivity contribution is 5.88. The molecule has 0 heterocycles. The Kier molecular flexibility index (Phi) is 4.32. The molecule has 2 aromatic carbocycles. The molecule has 0 saturated heterocycles. The molecule has 0 bridgehead atoms. The summed E-state index contributed by atoms with van der Waals surface area (Å²) in [5.74, 6) is -2.84. The molecular weight excluding hydrogens is 283 g/mol. The summed E-state index contributed by atoms with van der Waals surface area (Å²) in [4.78, 5) is 10.8. The van der Waals surface area contributed by atoms with Gasteiger partial charge in [-0.1, -0.05) is 0 Å². The third kappa shape index (κ3) is 3.88. The Bertz CT molecular complexity index is 676. The van der Waals surface area contributed by atoms with E-state index in [0.717, 1.165) is 24.3 Å². The van der Waals surface area contributed by atoms with Gasteiger partial charge in [-0.25, -0.2) is 13.2 Å². The fourth-order valence-corrected chi connectivity index (χ4v) is 1.55. The Morgan fingerprint density at radius 3 is 2.10 bits per heavy atom. The molecule has 0 fully saturated rings. The third-order valence-corrected chi connectivity index (χ3v) is 2.43. The Morgan fingerprint density at radius 1 is 1.00 bits per heavy atom. The summed E-state index contributed by atoms with van der Waals surface area (Å²) in [6.45, 7) is 1.22. The average molecular weight is 293 g/mol. The Hall–Kier alpha value is -2.70. The maximum atomic E-state index is 13.7. The third-order valence-electron chi connectivity index (χ3n) is 2.43. The van der Waals surface area contributed by atoms with E-state index in [2.05, 4.69) is 15.5 Å². The number of carbonyl (C=O) groups is 1. The highest BCUT2D eigenvalue weighted by Crippen LogP contribution is 2.28. The molecule has 1 N–H and O–H groups in total. The van der Waals surface area contributed by atoms with Gasteiger partial charge >= 0.3 is 0 Å². The molecule has 21 heavy (non-hydrogen) atoms. The fourth-order valence-electron chi connectivity index (χ4n) is 1.55. The number of nitrogens with one attached hydrogen (secondary N) is 1. The average Bonchev–Trinajstić information content (AvgIpc) is 2.39. The lowest BCUT2D eigenvalue weighted by atomic mass is 10.2. The number of halogens is 3. The van der Waals surface area contributed by atoms with Crippen LogP contribution in [0.3, 0.4) is 0 Å². The van der Waals surface area contributed by atoms with Crippen LogP contribution in [0, 0.1) is 17.5 Å². The minimum absolute atomic E-state index is 0.0155. The number of benzene rings is 2. The van der Waals surface area contributed by atoms with Crippen LogP contribution >= 0.6 is 0 Å². The topological polar surface area (TPSA) is 53.8 Å². The minimum atomic E-state index is -0.968. The molecule has 108 valence electrons. The van der Waals surface area contributed by atoms with Crippen molar-refractivity contribution in [1.82, 2.24) is 0 Å². The molecule has 0 aliphatic heterocycles. The van der Waals surface area contributed by atoms with Crippen LogP contribution in [-0.4, -0.2) is 5.91 Å². The number of hydrogen-bond donors (Lipinski definition) is 1. The van der Waals surface area contributed by atoms with Crippen molar-refractivity contribution in [3.05, 3.63) is 53.8 Å². The van der Waals surface area contributed by atoms with E-state index < -0.39 is 29.0 Å². The highest BCUT2D eigenvalue weighted by atomic mass is 19.1. The smallest absolute Gasteiger partial charge is 0.221 e. The number of rotatable bonds is 3. The SMILES string of the molecule is CC(=O)Nc1cc(F)c(N=Nc2ccc(F)cc2)c(F)c1. The van der Waals surface area contributed by atoms with Crippen LogP contribution in [0.25, 0.3) is 0 Å². The van der Waals surface area contributed by atoms with Crippen LogP contribution < -0.4 is 5.32 Å². The summed E-state index contributed by atoms with van der Waals surface area (Å²) < 4.78 is 40.1. The zero-order valence-corrected chi connectivity index (χ0v) is 10.9. The van der Waals surface area contributed by atoms with Crippen molar-refractivity contribution in [2.45, 2.75) is 6.92 Å². The van der Waals surface area contributed by atoms with Crippen molar-refractivity contribution in [1.29, 1.82) is 0 Å². The number of hydrogen-bond acceptors (Lipinski definition) is 3. The molecule has 7 heteroatoms. The number of carbonyl (C=O) groups excluding carboxylic acids is 1. The van der Waals surface area contributed by atoms with Crippen LogP contribution in [0.4, 0.5) is 30.2 Å². The van der Waals surface area contributed by atoms with E-state index in [1.165, 1.54) is 19.1 Å². The first-order valence-corrected chi connectivity index (χ1v) is 5.89. The van der Waals surface area contributed by atoms with Gasteiger partial charge in [0, 0.05) is 12.6 Å². The van der Waals surface area contributed by atoms with E-state index >= 15 is 0 Å². The molecule has 0 saturated carbocycles. The molecule has 0 aromatic heterocycles. The second kappa shape index (κ2) is 6.17. The first-order valence-electron chi connectivity index (χ1n) is 5.89. The van der Waals surface area contributed by atoms with Gasteiger partial charge in [0.25, 0.3) is 0 Å². The predicted octanol–water partition coefficient (Wildman–Crippen LogP) is 4.48. The van der Waals surface area contributed by atoms with Crippen molar-refractivity contribution < 1.29 is 18.0 Å². The van der Waals surface area contributed by atoms with Gasteiger partial charge in [0.05, 0.1) is 5.69 Å². The van der Waals surface area contributed by atoms with Crippen LogP contribution in [0.15, 0.2) is 46.6 Å². The molecule has 0 spiro atoms. The largest absolute Gasteiger partial charge is 0.326 e. The summed E-state index contributed by atoms with van der Waals surface area (Å²) in [7, 11) is 0. The standard InChI is InChI=1S/C14H10F3N3O/c1-8(21)18-11-6-12(16)14(13(17)7-11)20-19-10-4-2-9(15)3-5-10/h2-7H,1H3,(H,18,21). The van der Waals surface area contributed by atoms with Crippen LogP contribution in [0.2, 0.25) is 0 Å². The van der Waals surface area contributed by atoms with Crippen molar-refractivity contribution in [2.75, 3.05) is 5.32 Å². The zero-order chi connectivity index (χ0) is 15.4. The molecule has 0 unspecified atom stereocenters. The quantitative estimate of drug-likeness (QED) is 0.833. The van der Waals surface area contributed by atoms with Crippen LogP contribution in [-0.2, 0) is 4.79 Å². The molecule has 4 nitrogen and oxygen atoms in total. The molecule has 1 amide bonds. The lowest BCUT2D eigenvalue weighted by molar-refractivity contribution is -0.114. The molecule has 0 aliphatic carbocycles. The van der Waals surface area contributed by atoms with Crippen molar-refractivity contribution in [3.8, 4) is 0 Å². The van der Waals surface area contributed by atoms with Gasteiger partial charge in [-0.3, -0.25) is 4.79 Å². The van der Waals surface area contributed by atoms with E-state index in [0.29, 0.717) is 0 Å². The first kappa shape index (κ1) is 14.7. The van der Waals surface area contributed by atoms with Gasteiger partial charge < -0.3 is 5.32 Å². The maximum Gasteiger partial charge on any atom is 0.221 e. The van der Waals surface area contributed by atoms with Gasteiger partial charge in [0.2, 0.25) is 5.91 Å². The van der Waals surface area contributed by atoms with Gasteiger partial charge in [0.1, 0.15) is 5.82 Å². The Morgan fingerprint density at radius 2 is 1.57 bits per heavy atom. The van der Waals surface area contributed by atoms with Crippen LogP contribution in [0.5, 0.6) is 0 Å². The second-order valence-corrected chi connectivity index (χ2v) is 4.15. The van der Waals surface area contributed by atoms with Crippen molar-refractivity contribution in [2.24, 2.45) is 10.2 Å². The Labute approximate surface area is 118 Å². The lowest BCUT2D eigenvalue weighted by Crippen LogP contribution is -2.06. The normalized spacial score (nSPS) is 10.9. The van der Waals surface area contributed by atoms with Gasteiger partial charge in [-0.05, 0) is 36.4 Å². The van der Waals surface area contributed by atoms with E-state index in [1.807, 2.05) is 0 Å². The van der Waals surface area contributed by atoms with Crippen LogP contribution in [0.1, 0.15) is 6.92 Å². The molecule has 0 atom stereocenters. The number of amides is 1. The summed E-state index contributed by atoms with van der Waals surface area (Å²) >= 11 is 0. The summed E-state index contributed by atoms with van der Waals surface area (Å²) in [6.07, 6.45) is 0. The Balaban J connectivity index is 2.27. The number of nitrogens with zero attached hydrogens (tertiary/aromatic N) is 2. The predicted molar refractivity (Wildman–Crippen MR) is 71.2 cm³/mol. The van der Waals surface area contributed by atoms with E-state index in [9.17, 15) is 18.0 Å². The lowest BCUT2D eigenvalue weighted by Gasteiger charge is -2.04. The van der Waals surface area contributed by atoms with Gasteiger partial charge in [-0.15, -0.1) is 5.11 Å². The van der Waals surface area contributed by atoms with Crippen molar-refractivity contribution in [3.63, 3.8) is 0 Å². The molecule has 2 rings (SSSR count). The van der Waals surface area contributed by atoms with E-state index in [-0.39, 0.29) is 11.4 Å². The number of anilines is 1. The molecule has 0 radical (unpaired) electrons. The molecular formula is C14H10F3N3O. The van der Waals surface area contributed by atoms with Gasteiger partial charge in [0.15, 0.2) is 17.3 Å². The maximum absolute atomic E-state index is 13.7. The monoisotopic (exact) mass is 293 g/mol. The number of azo groups is 1. The fraction of sp³-hybridized carbons (Fsp3) is 0.0714. The summed E-state index contributed by atoms with van der Waals surface area (Å²) in [5.41, 5.74) is -0.354. The zero-order valence-electron chi connectivity index (χ0n) is 10.9.